The average Bonchev–Trinajstić information content (AvgIpc) is 2.80. The Kier molecular flexibility index (Phi) is 5.28. The number of aromatic nitrogens is 2. The third-order valence-electron chi connectivity index (χ3n) is 4.55. The second-order valence-corrected chi connectivity index (χ2v) is 6.31. The van der Waals surface area contributed by atoms with Crippen molar-refractivity contribution in [3.63, 3.8) is 0 Å². The van der Waals surface area contributed by atoms with E-state index in [0.717, 1.165) is 29.1 Å². The smallest absolute Gasteiger partial charge is 0.251 e. The Hall–Kier alpha value is -2.47. The zero-order chi connectivity index (χ0) is 17.8. The molecule has 3 rings (SSSR count). The fourth-order valence-electron chi connectivity index (χ4n) is 3.28. The zero-order valence-corrected chi connectivity index (χ0v) is 14.7. The lowest BCUT2D eigenvalue weighted by Crippen LogP contribution is -2.36. The van der Waals surface area contributed by atoms with Crippen LogP contribution in [-0.2, 0) is 28.9 Å². The number of fused-ring (bicyclic) bond motifs is 1. The van der Waals surface area contributed by atoms with Crippen molar-refractivity contribution < 1.29 is 9.53 Å². The first-order valence-corrected chi connectivity index (χ1v) is 8.49. The molecule has 0 saturated carbocycles. The monoisotopic (exact) mass is 341 g/mol. The normalized spacial score (nSPS) is 14.1. The molecule has 2 aromatic rings. The van der Waals surface area contributed by atoms with Gasteiger partial charge in [0, 0.05) is 44.1 Å². The Morgan fingerprint density at radius 1 is 1.20 bits per heavy atom. The average molecular weight is 341 g/mol. The first-order valence-electron chi connectivity index (χ1n) is 8.49. The van der Waals surface area contributed by atoms with Gasteiger partial charge in [-0.15, -0.1) is 0 Å². The maximum Gasteiger partial charge on any atom is 0.251 e. The fraction of sp³-hybridized carbons (Fsp3) is 0.421. The highest BCUT2D eigenvalue weighted by Crippen LogP contribution is 2.16. The van der Waals surface area contributed by atoms with Crippen LogP contribution in [0.4, 0.5) is 0 Å². The van der Waals surface area contributed by atoms with Gasteiger partial charge in [-0.25, -0.2) is 0 Å². The summed E-state index contributed by atoms with van der Waals surface area (Å²) in [7, 11) is 1.52. The predicted octanol–water partition coefficient (Wildman–Crippen LogP) is 1.17. The van der Waals surface area contributed by atoms with Crippen LogP contribution >= 0.6 is 0 Å². The van der Waals surface area contributed by atoms with E-state index < -0.39 is 0 Å². The minimum Gasteiger partial charge on any atom is -0.375 e. The summed E-state index contributed by atoms with van der Waals surface area (Å²) in [6.45, 7) is 3.74. The number of hydrogen-bond donors (Lipinski definition) is 0. The minimum atomic E-state index is -0.0290. The van der Waals surface area contributed by atoms with Crippen LogP contribution in [0, 0.1) is 6.92 Å². The van der Waals surface area contributed by atoms with Gasteiger partial charge in [0.25, 0.3) is 5.56 Å². The van der Waals surface area contributed by atoms with Gasteiger partial charge in [-0.2, -0.15) is 0 Å². The number of aryl methyl sites for hydroxylation is 1. The number of methoxy groups -OCH3 is 1. The first-order chi connectivity index (χ1) is 12.1. The van der Waals surface area contributed by atoms with Gasteiger partial charge in [0.15, 0.2) is 0 Å². The highest BCUT2D eigenvalue weighted by Gasteiger charge is 2.20. The molecule has 0 aliphatic carbocycles. The molecule has 0 aromatic carbocycles. The largest absolute Gasteiger partial charge is 0.375 e. The summed E-state index contributed by atoms with van der Waals surface area (Å²) < 4.78 is 6.75. The molecule has 2 aromatic heterocycles. The van der Waals surface area contributed by atoms with E-state index in [4.69, 9.17) is 4.74 Å². The van der Waals surface area contributed by atoms with E-state index in [9.17, 15) is 9.59 Å². The van der Waals surface area contributed by atoms with Crippen molar-refractivity contribution in [1.29, 1.82) is 0 Å². The molecule has 3 heterocycles. The molecule has 0 radical (unpaired) electrons. The van der Waals surface area contributed by atoms with Gasteiger partial charge in [0.05, 0.1) is 12.2 Å². The molecule has 0 N–H and O–H groups in total. The highest BCUT2D eigenvalue weighted by atomic mass is 16.5. The zero-order valence-electron chi connectivity index (χ0n) is 14.7. The van der Waals surface area contributed by atoms with E-state index in [0.29, 0.717) is 26.1 Å². The van der Waals surface area contributed by atoms with E-state index in [1.165, 1.54) is 7.11 Å². The number of carbonyl (C=O) groups is 1. The van der Waals surface area contributed by atoms with Crippen molar-refractivity contribution in [3.8, 4) is 0 Å². The van der Waals surface area contributed by atoms with Crippen molar-refractivity contribution in [2.24, 2.45) is 0 Å². The highest BCUT2D eigenvalue weighted by molar-refractivity contribution is 5.77. The van der Waals surface area contributed by atoms with Gasteiger partial charge in [0.1, 0.15) is 6.61 Å². The molecular formula is C19H23N3O3. The van der Waals surface area contributed by atoms with Gasteiger partial charge in [-0.3, -0.25) is 14.6 Å². The van der Waals surface area contributed by atoms with Crippen molar-refractivity contribution in [1.82, 2.24) is 14.5 Å². The van der Waals surface area contributed by atoms with Gasteiger partial charge >= 0.3 is 0 Å². The minimum absolute atomic E-state index is 0.00967. The number of ether oxygens (including phenoxy) is 1. The van der Waals surface area contributed by atoms with Crippen molar-refractivity contribution in [2.75, 3.05) is 26.8 Å². The third-order valence-corrected chi connectivity index (χ3v) is 4.55. The molecule has 0 saturated heterocycles. The summed E-state index contributed by atoms with van der Waals surface area (Å²) in [5, 5.41) is 0. The van der Waals surface area contributed by atoms with Crippen molar-refractivity contribution >= 4 is 5.91 Å². The summed E-state index contributed by atoms with van der Waals surface area (Å²) in [6.07, 6.45) is 1.40. The lowest BCUT2D eigenvalue weighted by atomic mass is 10.1. The molecule has 0 atom stereocenters. The molecule has 1 amide bonds. The summed E-state index contributed by atoms with van der Waals surface area (Å²) in [4.78, 5) is 30.9. The number of rotatable bonds is 4. The third kappa shape index (κ3) is 3.96. The molecule has 1 aliphatic heterocycles. The van der Waals surface area contributed by atoms with Crippen LogP contribution in [0.1, 0.15) is 22.6 Å². The molecule has 1 aliphatic rings. The van der Waals surface area contributed by atoms with E-state index >= 15 is 0 Å². The van der Waals surface area contributed by atoms with E-state index in [2.05, 4.69) is 4.98 Å². The van der Waals surface area contributed by atoms with Crippen LogP contribution in [0.5, 0.6) is 0 Å². The van der Waals surface area contributed by atoms with Crippen LogP contribution in [0.2, 0.25) is 0 Å². The summed E-state index contributed by atoms with van der Waals surface area (Å²) in [5.41, 5.74) is 3.90. The number of amides is 1. The van der Waals surface area contributed by atoms with Crippen LogP contribution in [0.15, 0.2) is 35.1 Å². The molecule has 132 valence electrons. The Morgan fingerprint density at radius 3 is 2.76 bits per heavy atom. The maximum absolute atomic E-state index is 12.4. The van der Waals surface area contributed by atoms with Gasteiger partial charge in [-0.05, 0) is 31.0 Å². The number of nitrogens with zero attached hydrogens (tertiary/aromatic N) is 3. The van der Waals surface area contributed by atoms with Crippen LogP contribution in [0.25, 0.3) is 0 Å². The number of carbonyl (C=O) groups excluding carboxylic acids is 1. The Morgan fingerprint density at radius 2 is 2.00 bits per heavy atom. The Balaban J connectivity index is 1.88. The quantitative estimate of drug-likeness (QED) is 0.837. The Labute approximate surface area is 147 Å². The predicted molar refractivity (Wildman–Crippen MR) is 94.6 cm³/mol. The molecule has 6 nitrogen and oxygen atoms in total. The fourth-order valence-corrected chi connectivity index (χ4v) is 3.28. The summed E-state index contributed by atoms with van der Waals surface area (Å²) in [5.74, 6) is -0.00967. The van der Waals surface area contributed by atoms with E-state index in [-0.39, 0.29) is 18.1 Å². The van der Waals surface area contributed by atoms with Crippen LogP contribution in [0.3, 0.4) is 0 Å². The van der Waals surface area contributed by atoms with E-state index in [1.54, 1.807) is 10.6 Å². The molecule has 25 heavy (non-hydrogen) atoms. The molecule has 0 spiro atoms. The van der Waals surface area contributed by atoms with Crippen molar-refractivity contribution in [3.05, 3.63) is 63.3 Å². The molecule has 0 unspecified atom stereocenters. The lowest BCUT2D eigenvalue weighted by molar-refractivity contribution is -0.135. The second-order valence-electron chi connectivity index (χ2n) is 6.31. The topological polar surface area (TPSA) is 64.4 Å². The molecule has 0 bridgehead atoms. The number of hydrogen-bond acceptors (Lipinski definition) is 4. The van der Waals surface area contributed by atoms with Gasteiger partial charge in [0.2, 0.25) is 5.91 Å². The SMILES string of the molecule is COCC(=O)N1CCc2ccc(=O)n(Cc3cccc(C)n3)c2CC1. The summed E-state index contributed by atoms with van der Waals surface area (Å²) >= 11 is 0. The Bertz CT molecular complexity index is 829. The number of pyridine rings is 2. The molecule has 6 heteroatoms. The van der Waals surface area contributed by atoms with Crippen LogP contribution in [-0.4, -0.2) is 47.2 Å². The second kappa shape index (κ2) is 7.61. The van der Waals surface area contributed by atoms with Gasteiger partial charge in [-0.1, -0.05) is 12.1 Å². The van der Waals surface area contributed by atoms with Crippen molar-refractivity contribution in [2.45, 2.75) is 26.3 Å². The van der Waals surface area contributed by atoms with Gasteiger partial charge < -0.3 is 14.2 Å². The first kappa shape index (κ1) is 17.4. The molecular weight excluding hydrogens is 318 g/mol. The summed E-state index contributed by atoms with van der Waals surface area (Å²) in [6, 6.07) is 9.33. The lowest BCUT2D eigenvalue weighted by Gasteiger charge is -2.19. The van der Waals surface area contributed by atoms with Crippen LogP contribution < -0.4 is 5.56 Å². The molecule has 0 fully saturated rings. The standard InChI is InChI=1S/C19H23N3O3/c1-14-4-3-5-16(20-14)12-22-17-9-11-21(19(24)13-25-2)10-8-15(17)6-7-18(22)23/h3-7H,8-13H2,1-2H3. The van der Waals surface area contributed by atoms with E-state index in [1.807, 2.05) is 36.1 Å². The maximum atomic E-state index is 12.4.